The Kier molecular flexibility index (Phi) is 8.12. The molecule has 2 aromatic carbocycles. The number of nitrogens with zero attached hydrogens (tertiary/aromatic N) is 2. The molecule has 3 rings (SSSR count). The van der Waals surface area contributed by atoms with Gasteiger partial charge in [0.1, 0.15) is 22.6 Å². The molecule has 1 N–H and O–H groups in total. The second-order valence-corrected chi connectivity index (χ2v) is 10.5. The number of ether oxygens (including phenoxy) is 1. The fourth-order valence-electron chi connectivity index (χ4n) is 3.92. The van der Waals surface area contributed by atoms with Crippen molar-refractivity contribution in [1.82, 2.24) is 9.21 Å². The van der Waals surface area contributed by atoms with Gasteiger partial charge in [-0.2, -0.15) is 4.31 Å². The van der Waals surface area contributed by atoms with Crippen LogP contribution in [-0.2, 0) is 10.0 Å². The molecule has 0 saturated heterocycles. The molecule has 1 heterocycles. The number of amides is 1. The standard InChI is InChI=1S/C25H31FN2O5S/c1-5-6-19-7-12-24-22(13-19)33-23(17(2)14-28(18(3)16-29)34(24,31)32)15-27(4)25(30)20-8-10-21(26)11-9-20/h5-13,17-18,23,29H,14-16H2,1-4H3/t17-,18+,23+/m1/s1. The maximum atomic E-state index is 13.5. The van der Waals surface area contributed by atoms with E-state index < -0.39 is 28.0 Å². The number of fused-ring (bicyclic) bond motifs is 1. The number of carbonyl (C=O) groups is 1. The minimum Gasteiger partial charge on any atom is -0.487 e. The van der Waals surface area contributed by atoms with Crippen molar-refractivity contribution in [1.29, 1.82) is 0 Å². The molecule has 0 fully saturated rings. The van der Waals surface area contributed by atoms with E-state index in [4.69, 9.17) is 4.74 Å². The van der Waals surface area contributed by atoms with Gasteiger partial charge in [-0.1, -0.05) is 25.1 Å². The van der Waals surface area contributed by atoms with E-state index in [1.165, 1.54) is 39.5 Å². The maximum Gasteiger partial charge on any atom is 0.253 e. The number of allylic oxidation sites excluding steroid dienone is 1. The Balaban J connectivity index is 1.99. The van der Waals surface area contributed by atoms with E-state index in [1.807, 2.05) is 26.0 Å². The van der Waals surface area contributed by atoms with Crippen molar-refractivity contribution in [2.45, 2.75) is 37.8 Å². The topological polar surface area (TPSA) is 87.2 Å². The number of hydrogen-bond acceptors (Lipinski definition) is 5. The lowest BCUT2D eigenvalue weighted by molar-refractivity contribution is 0.0563. The molecule has 2 aromatic rings. The summed E-state index contributed by atoms with van der Waals surface area (Å²) in [6.45, 7) is 5.34. The predicted molar refractivity (Wildman–Crippen MR) is 129 cm³/mol. The number of aliphatic hydroxyl groups excluding tert-OH is 1. The van der Waals surface area contributed by atoms with E-state index in [2.05, 4.69) is 0 Å². The molecule has 0 radical (unpaired) electrons. The van der Waals surface area contributed by atoms with Crippen LogP contribution >= 0.6 is 0 Å². The van der Waals surface area contributed by atoms with E-state index in [1.54, 1.807) is 26.1 Å². The summed E-state index contributed by atoms with van der Waals surface area (Å²) in [5.74, 6) is -0.825. The Morgan fingerprint density at radius 2 is 1.97 bits per heavy atom. The summed E-state index contributed by atoms with van der Waals surface area (Å²) in [5, 5.41) is 9.73. The fourth-order valence-corrected chi connectivity index (χ4v) is 5.75. The van der Waals surface area contributed by atoms with Gasteiger partial charge in [0.05, 0.1) is 13.2 Å². The van der Waals surface area contributed by atoms with E-state index in [-0.39, 0.29) is 42.2 Å². The van der Waals surface area contributed by atoms with Crippen LogP contribution in [-0.4, -0.2) is 67.5 Å². The minimum absolute atomic E-state index is 0.0190. The van der Waals surface area contributed by atoms with Gasteiger partial charge in [-0.3, -0.25) is 4.79 Å². The summed E-state index contributed by atoms with van der Waals surface area (Å²) in [7, 11) is -2.30. The summed E-state index contributed by atoms with van der Waals surface area (Å²) in [5.41, 5.74) is 1.12. The lowest BCUT2D eigenvalue weighted by Gasteiger charge is -2.37. The van der Waals surface area contributed by atoms with Gasteiger partial charge < -0.3 is 14.7 Å². The minimum atomic E-state index is -3.93. The molecule has 0 unspecified atom stereocenters. The van der Waals surface area contributed by atoms with Gasteiger partial charge in [0.25, 0.3) is 5.91 Å². The van der Waals surface area contributed by atoms with Gasteiger partial charge in [-0.05, 0) is 55.8 Å². The first-order valence-corrected chi connectivity index (χ1v) is 12.6. The Bertz CT molecular complexity index is 1150. The first-order valence-electron chi connectivity index (χ1n) is 11.2. The summed E-state index contributed by atoms with van der Waals surface area (Å²) in [4.78, 5) is 14.4. The van der Waals surface area contributed by atoms with Crippen molar-refractivity contribution >= 4 is 22.0 Å². The average Bonchev–Trinajstić information content (AvgIpc) is 2.81. The molecule has 0 bridgehead atoms. The number of benzene rings is 2. The van der Waals surface area contributed by atoms with Crippen molar-refractivity contribution in [3.05, 3.63) is 65.5 Å². The summed E-state index contributed by atoms with van der Waals surface area (Å²) < 4.78 is 47.7. The second kappa shape index (κ2) is 10.7. The second-order valence-electron chi connectivity index (χ2n) is 8.64. The van der Waals surface area contributed by atoms with E-state index in [0.29, 0.717) is 5.56 Å². The van der Waals surface area contributed by atoms with E-state index in [0.717, 1.165) is 5.56 Å². The number of hydrogen-bond donors (Lipinski definition) is 1. The fraction of sp³-hybridized carbons (Fsp3) is 0.400. The van der Waals surface area contributed by atoms with Crippen LogP contribution in [0.4, 0.5) is 4.39 Å². The van der Waals surface area contributed by atoms with Crippen LogP contribution in [0.15, 0.2) is 53.4 Å². The highest BCUT2D eigenvalue weighted by Gasteiger charge is 2.38. The first-order chi connectivity index (χ1) is 16.1. The molecule has 9 heteroatoms. The zero-order valence-electron chi connectivity index (χ0n) is 19.8. The molecule has 184 valence electrons. The molecule has 1 aliphatic rings. The smallest absolute Gasteiger partial charge is 0.253 e. The highest BCUT2D eigenvalue weighted by Crippen LogP contribution is 2.34. The third-order valence-corrected chi connectivity index (χ3v) is 7.96. The quantitative estimate of drug-likeness (QED) is 0.671. The van der Waals surface area contributed by atoms with Crippen molar-refractivity contribution in [3.8, 4) is 5.75 Å². The Labute approximate surface area is 200 Å². The van der Waals surface area contributed by atoms with Crippen molar-refractivity contribution in [3.63, 3.8) is 0 Å². The highest BCUT2D eigenvalue weighted by molar-refractivity contribution is 7.89. The van der Waals surface area contributed by atoms with Crippen molar-refractivity contribution in [2.24, 2.45) is 5.92 Å². The van der Waals surface area contributed by atoms with Crippen LogP contribution in [0.25, 0.3) is 6.08 Å². The lowest BCUT2D eigenvalue weighted by atomic mass is 10.0. The molecule has 0 aliphatic carbocycles. The van der Waals surface area contributed by atoms with Gasteiger partial charge in [0.2, 0.25) is 10.0 Å². The van der Waals surface area contributed by atoms with Gasteiger partial charge in [0.15, 0.2) is 0 Å². The maximum absolute atomic E-state index is 13.5. The Morgan fingerprint density at radius 1 is 1.29 bits per heavy atom. The van der Waals surface area contributed by atoms with Crippen molar-refractivity contribution < 1.29 is 27.4 Å². The number of rotatable bonds is 6. The molecule has 0 aromatic heterocycles. The number of likely N-dealkylation sites (N-methyl/N-ethyl adjacent to an activating group) is 1. The van der Waals surface area contributed by atoms with Gasteiger partial charge in [0, 0.05) is 31.1 Å². The Hall–Kier alpha value is -2.75. The normalized spacial score (nSPS) is 21.2. The average molecular weight is 491 g/mol. The molecule has 3 atom stereocenters. The Morgan fingerprint density at radius 3 is 2.59 bits per heavy atom. The van der Waals surface area contributed by atoms with Crippen LogP contribution in [0.1, 0.15) is 36.7 Å². The molecule has 34 heavy (non-hydrogen) atoms. The summed E-state index contributed by atoms with van der Waals surface area (Å²) in [6.07, 6.45) is 3.15. The van der Waals surface area contributed by atoms with Crippen LogP contribution in [0, 0.1) is 11.7 Å². The number of halogens is 1. The van der Waals surface area contributed by atoms with E-state index >= 15 is 0 Å². The van der Waals surface area contributed by atoms with E-state index in [9.17, 15) is 22.7 Å². The molecular formula is C25H31FN2O5S. The predicted octanol–water partition coefficient (Wildman–Crippen LogP) is 3.40. The monoisotopic (exact) mass is 490 g/mol. The number of sulfonamides is 1. The third kappa shape index (κ3) is 5.48. The molecule has 0 spiro atoms. The zero-order chi connectivity index (χ0) is 25.0. The van der Waals surface area contributed by atoms with Gasteiger partial charge >= 0.3 is 0 Å². The lowest BCUT2D eigenvalue weighted by Crippen LogP contribution is -2.50. The number of carbonyl (C=O) groups excluding carboxylic acids is 1. The largest absolute Gasteiger partial charge is 0.487 e. The van der Waals surface area contributed by atoms with Gasteiger partial charge in [-0.25, -0.2) is 12.8 Å². The van der Waals surface area contributed by atoms with Crippen LogP contribution in [0.3, 0.4) is 0 Å². The highest BCUT2D eigenvalue weighted by atomic mass is 32.2. The van der Waals surface area contributed by atoms with Crippen LogP contribution in [0.5, 0.6) is 5.75 Å². The SMILES string of the molecule is CC=Cc1ccc2c(c1)O[C@@H](CN(C)C(=O)c1ccc(F)cc1)[C@H](C)CN([C@@H](C)CO)S2(=O)=O. The van der Waals surface area contributed by atoms with Crippen LogP contribution < -0.4 is 4.74 Å². The number of aliphatic hydroxyl groups is 1. The summed E-state index contributed by atoms with van der Waals surface area (Å²) in [6, 6.07) is 9.55. The molecule has 1 aliphatic heterocycles. The molecule has 0 saturated carbocycles. The zero-order valence-corrected chi connectivity index (χ0v) is 20.6. The molecule has 1 amide bonds. The first kappa shape index (κ1) is 25.9. The van der Waals surface area contributed by atoms with Crippen LogP contribution in [0.2, 0.25) is 0 Å². The molecular weight excluding hydrogens is 459 g/mol. The van der Waals surface area contributed by atoms with Gasteiger partial charge in [-0.15, -0.1) is 0 Å². The molecule has 7 nitrogen and oxygen atoms in total. The summed E-state index contributed by atoms with van der Waals surface area (Å²) >= 11 is 0. The third-order valence-electron chi connectivity index (χ3n) is 5.94. The van der Waals surface area contributed by atoms with Crippen molar-refractivity contribution in [2.75, 3.05) is 26.7 Å².